The van der Waals surface area contributed by atoms with Gasteiger partial charge in [-0.15, -0.1) is 0 Å². The van der Waals surface area contributed by atoms with Crippen LogP contribution >= 0.6 is 11.6 Å². The van der Waals surface area contributed by atoms with Gasteiger partial charge < -0.3 is 10.3 Å². The number of aromatic nitrogens is 2. The van der Waals surface area contributed by atoms with E-state index in [1.54, 1.807) is 12.3 Å². The standard InChI is InChI=1S/C14H12ClN3/c1-18-12-4-2-3-11(15)10(12)7-13(18)9-5-6-14(16)17-8-9/h2-8H,1H3,(H2,16,17). The number of hydrogen-bond acceptors (Lipinski definition) is 2. The third-order valence-electron chi connectivity index (χ3n) is 3.12. The molecule has 0 aliphatic heterocycles. The Hall–Kier alpha value is -2.00. The Balaban J connectivity index is 2.27. The maximum Gasteiger partial charge on any atom is 0.123 e. The van der Waals surface area contributed by atoms with Crippen molar-refractivity contribution in [3.05, 3.63) is 47.6 Å². The van der Waals surface area contributed by atoms with Crippen molar-refractivity contribution in [3.8, 4) is 11.3 Å². The first-order chi connectivity index (χ1) is 8.66. The summed E-state index contributed by atoms with van der Waals surface area (Å²) in [6.45, 7) is 0. The maximum absolute atomic E-state index is 6.21. The summed E-state index contributed by atoms with van der Waals surface area (Å²) >= 11 is 6.21. The molecule has 0 aliphatic rings. The van der Waals surface area contributed by atoms with E-state index in [9.17, 15) is 0 Å². The molecule has 90 valence electrons. The first-order valence-corrected chi connectivity index (χ1v) is 6.00. The van der Waals surface area contributed by atoms with E-state index in [0.717, 1.165) is 27.2 Å². The van der Waals surface area contributed by atoms with Gasteiger partial charge in [0.2, 0.25) is 0 Å². The van der Waals surface area contributed by atoms with Gasteiger partial charge in [-0.25, -0.2) is 4.98 Å². The molecule has 2 N–H and O–H groups in total. The van der Waals surface area contributed by atoms with E-state index in [0.29, 0.717) is 5.82 Å². The largest absolute Gasteiger partial charge is 0.384 e. The summed E-state index contributed by atoms with van der Waals surface area (Å²) in [6.07, 6.45) is 1.78. The highest BCUT2D eigenvalue weighted by atomic mass is 35.5. The van der Waals surface area contributed by atoms with Gasteiger partial charge in [-0.3, -0.25) is 0 Å². The molecule has 0 radical (unpaired) electrons. The van der Waals surface area contributed by atoms with Crippen molar-refractivity contribution in [2.24, 2.45) is 7.05 Å². The second kappa shape index (κ2) is 4.03. The summed E-state index contributed by atoms with van der Waals surface area (Å²) in [4.78, 5) is 4.12. The van der Waals surface area contributed by atoms with Crippen molar-refractivity contribution >= 4 is 28.3 Å². The van der Waals surface area contributed by atoms with Gasteiger partial charge in [-0.05, 0) is 30.3 Å². The van der Waals surface area contributed by atoms with Crippen LogP contribution in [0, 0.1) is 0 Å². The quantitative estimate of drug-likeness (QED) is 0.725. The summed E-state index contributed by atoms with van der Waals surface area (Å²) in [7, 11) is 2.02. The Bertz CT molecular complexity index is 714. The molecule has 0 saturated heterocycles. The molecule has 18 heavy (non-hydrogen) atoms. The molecule has 3 aromatic rings. The van der Waals surface area contributed by atoms with Crippen molar-refractivity contribution in [3.63, 3.8) is 0 Å². The van der Waals surface area contributed by atoms with E-state index >= 15 is 0 Å². The lowest BCUT2D eigenvalue weighted by atomic mass is 10.2. The van der Waals surface area contributed by atoms with Gasteiger partial charge in [-0.2, -0.15) is 0 Å². The molecular weight excluding hydrogens is 246 g/mol. The highest BCUT2D eigenvalue weighted by molar-refractivity contribution is 6.35. The Morgan fingerprint density at radius 2 is 2.06 bits per heavy atom. The van der Waals surface area contributed by atoms with Gasteiger partial charge in [-0.1, -0.05) is 17.7 Å². The number of anilines is 1. The monoisotopic (exact) mass is 257 g/mol. The van der Waals surface area contributed by atoms with Crippen molar-refractivity contribution < 1.29 is 0 Å². The van der Waals surface area contributed by atoms with Crippen LogP contribution in [-0.2, 0) is 7.05 Å². The minimum absolute atomic E-state index is 0.524. The number of rotatable bonds is 1. The zero-order valence-electron chi connectivity index (χ0n) is 9.89. The molecular formula is C14H12ClN3. The van der Waals surface area contributed by atoms with E-state index in [4.69, 9.17) is 17.3 Å². The number of halogens is 1. The first kappa shape index (κ1) is 11.1. The smallest absolute Gasteiger partial charge is 0.123 e. The van der Waals surface area contributed by atoms with Crippen molar-refractivity contribution in [2.75, 3.05) is 5.73 Å². The number of fused-ring (bicyclic) bond motifs is 1. The minimum Gasteiger partial charge on any atom is -0.384 e. The summed E-state index contributed by atoms with van der Waals surface area (Å²) in [6, 6.07) is 11.7. The number of nitrogens with two attached hydrogens (primary N) is 1. The predicted molar refractivity (Wildman–Crippen MR) is 75.6 cm³/mol. The topological polar surface area (TPSA) is 43.8 Å². The van der Waals surface area contributed by atoms with Crippen molar-refractivity contribution in [2.45, 2.75) is 0 Å². The number of nitrogen functional groups attached to an aromatic ring is 1. The molecule has 0 amide bonds. The van der Waals surface area contributed by atoms with Crippen molar-refractivity contribution in [1.29, 1.82) is 0 Å². The van der Waals surface area contributed by atoms with Gasteiger partial charge >= 0.3 is 0 Å². The molecule has 4 heteroatoms. The van der Waals surface area contributed by atoms with E-state index in [1.807, 2.05) is 25.2 Å². The van der Waals surface area contributed by atoms with Gasteiger partial charge in [0.1, 0.15) is 5.82 Å². The lowest BCUT2D eigenvalue weighted by Gasteiger charge is -2.04. The fraction of sp³-hybridized carbons (Fsp3) is 0.0714. The van der Waals surface area contributed by atoms with Crippen molar-refractivity contribution in [1.82, 2.24) is 9.55 Å². The van der Waals surface area contributed by atoms with E-state index in [2.05, 4.69) is 21.7 Å². The van der Waals surface area contributed by atoms with E-state index < -0.39 is 0 Å². The fourth-order valence-electron chi connectivity index (χ4n) is 2.16. The van der Waals surface area contributed by atoms with Crippen LogP contribution in [0.25, 0.3) is 22.2 Å². The summed E-state index contributed by atoms with van der Waals surface area (Å²) in [5.74, 6) is 0.524. The molecule has 0 bridgehead atoms. The van der Waals surface area contributed by atoms with E-state index in [-0.39, 0.29) is 0 Å². The second-order valence-electron chi connectivity index (χ2n) is 4.23. The second-order valence-corrected chi connectivity index (χ2v) is 4.64. The average molecular weight is 258 g/mol. The predicted octanol–water partition coefficient (Wildman–Crippen LogP) is 3.48. The molecule has 0 aliphatic carbocycles. The number of aryl methyl sites for hydroxylation is 1. The third-order valence-corrected chi connectivity index (χ3v) is 3.45. The highest BCUT2D eigenvalue weighted by Gasteiger charge is 2.09. The van der Waals surface area contributed by atoms with Crippen LogP contribution in [0.2, 0.25) is 5.02 Å². The minimum atomic E-state index is 0.524. The third kappa shape index (κ3) is 1.64. The van der Waals surface area contributed by atoms with Crippen LogP contribution in [-0.4, -0.2) is 9.55 Å². The molecule has 0 fully saturated rings. The SMILES string of the molecule is Cn1c(-c2ccc(N)nc2)cc2c(Cl)cccc21. The van der Waals surface area contributed by atoms with Gasteiger partial charge in [0.05, 0.1) is 5.69 Å². The molecule has 0 spiro atoms. The normalized spacial score (nSPS) is 11.0. The molecule has 0 unspecified atom stereocenters. The zero-order valence-corrected chi connectivity index (χ0v) is 10.6. The first-order valence-electron chi connectivity index (χ1n) is 5.62. The van der Waals surface area contributed by atoms with Gasteiger partial charge in [0, 0.05) is 34.7 Å². The van der Waals surface area contributed by atoms with Crippen LogP contribution in [0.3, 0.4) is 0 Å². The number of nitrogens with zero attached hydrogens (tertiary/aromatic N) is 2. The number of benzene rings is 1. The highest BCUT2D eigenvalue weighted by Crippen LogP contribution is 2.31. The fourth-order valence-corrected chi connectivity index (χ4v) is 2.38. The van der Waals surface area contributed by atoms with Gasteiger partial charge in [0.25, 0.3) is 0 Å². The lowest BCUT2D eigenvalue weighted by Crippen LogP contribution is -1.93. The van der Waals surface area contributed by atoms with Crippen LogP contribution < -0.4 is 5.73 Å². The summed E-state index contributed by atoms with van der Waals surface area (Å²) in [5.41, 5.74) is 8.81. The van der Waals surface area contributed by atoms with Gasteiger partial charge in [0.15, 0.2) is 0 Å². The molecule has 3 nitrogen and oxygen atoms in total. The molecule has 0 saturated carbocycles. The Labute approximate surface area is 110 Å². The van der Waals surface area contributed by atoms with Crippen LogP contribution in [0.1, 0.15) is 0 Å². The number of pyridine rings is 1. The lowest BCUT2D eigenvalue weighted by molar-refractivity contribution is 0.977. The molecule has 2 aromatic heterocycles. The van der Waals surface area contributed by atoms with Crippen LogP contribution in [0.5, 0.6) is 0 Å². The maximum atomic E-state index is 6.21. The molecule has 3 rings (SSSR count). The zero-order chi connectivity index (χ0) is 12.7. The number of hydrogen-bond donors (Lipinski definition) is 1. The molecule has 2 heterocycles. The van der Waals surface area contributed by atoms with Crippen LogP contribution in [0.15, 0.2) is 42.6 Å². The summed E-state index contributed by atoms with van der Waals surface area (Å²) in [5, 5.41) is 1.81. The average Bonchev–Trinajstić information content (AvgIpc) is 2.70. The van der Waals surface area contributed by atoms with Crippen LogP contribution in [0.4, 0.5) is 5.82 Å². The Morgan fingerprint density at radius 1 is 1.22 bits per heavy atom. The Morgan fingerprint density at radius 3 is 2.72 bits per heavy atom. The molecule has 0 atom stereocenters. The Kier molecular flexibility index (Phi) is 2.49. The summed E-state index contributed by atoms with van der Waals surface area (Å²) < 4.78 is 2.11. The van der Waals surface area contributed by atoms with E-state index in [1.165, 1.54) is 0 Å². The molecule has 1 aromatic carbocycles.